The summed E-state index contributed by atoms with van der Waals surface area (Å²) in [4.78, 5) is 52.4. The zero-order chi connectivity index (χ0) is 28.9. The second kappa shape index (κ2) is 13.0. The number of nitrogens with one attached hydrogen (secondary N) is 4. The summed E-state index contributed by atoms with van der Waals surface area (Å²) in [6.07, 6.45) is 0.869. The molecule has 10 nitrogen and oxygen atoms in total. The van der Waals surface area contributed by atoms with Gasteiger partial charge in [0.05, 0.1) is 10.8 Å². The molecule has 214 valence electrons. The largest absolute Gasteiger partial charge is 0.508 e. The number of amides is 3. The number of phenolic OH excluding ortho intramolecular Hbond substituents is 1. The Hall–Kier alpha value is -3.22. The average Bonchev–Trinajstić information content (AvgIpc) is 3.40. The Morgan fingerprint density at radius 1 is 1.02 bits per heavy atom. The lowest BCUT2D eigenvalue weighted by atomic mass is 9.91. The van der Waals surface area contributed by atoms with Crippen LogP contribution in [-0.4, -0.2) is 75.1 Å². The third-order valence-electron chi connectivity index (χ3n) is 7.11. The summed E-state index contributed by atoms with van der Waals surface area (Å²) in [5.74, 6) is -2.48. The van der Waals surface area contributed by atoms with Gasteiger partial charge in [-0.1, -0.05) is 64.1 Å². The fraction of sp³-hybridized carbons (Fsp3) is 0.429. The monoisotopic (exact) mass is 586 g/mol. The van der Waals surface area contributed by atoms with Crippen LogP contribution in [0.15, 0.2) is 54.6 Å². The van der Waals surface area contributed by atoms with E-state index < -0.39 is 46.7 Å². The fourth-order valence-electron chi connectivity index (χ4n) is 4.91. The van der Waals surface area contributed by atoms with Crippen LogP contribution < -0.4 is 21.3 Å². The van der Waals surface area contributed by atoms with Crippen LogP contribution in [0.4, 0.5) is 0 Å². The van der Waals surface area contributed by atoms with Gasteiger partial charge in [-0.05, 0) is 50.1 Å². The maximum Gasteiger partial charge on any atom is 0.327 e. The Morgan fingerprint density at radius 3 is 2.40 bits per heavy atom. The van der Waals surface area contributed by atoms with Gasteiger partial charge in [0.2, 0.25) is 17.7 Å². The molecular weight excluding hydrogens is 552 g/mol. The van der Waals surface area contributed by atoms with Crippen molar-refractivity contribution in [2.45, 2.75) is 61.5 Å². The van der Waals surface area contributed by atoms with E-state index in [0.717, 1.165) is 11.1 Å². The molecule has 0 aromatic heterocycles. The summed E-state index contributed by atoms with van der Waals surface area (Å²) in [5.41, 5.74) is 1.70. The molecule has 12 heteroatoms. The van der Waals surface area contributed by atoms with Crippen molar-refractivity contribution < 1.29 is 29.4 Å². The summed E-state index contributed by atoms with van der Waals surface area (Å²) < 4.78 is -0.914. The summed E-state index contributed by atoms with van der Waals surface area (Å²) in [6, 6.07) is 12.1. The maximum atomic E-state index is 13.5. The first-order valence-corrected chi connectivity index (χ1v) is 15.4. The van der Waals surface area contributed by atoms with Crippen molar-refractivity contribution in [3.05, 3.63) is 65.7 Å². The Morgan fingerprint density at radius 2 is 1.73 bits per heavy atom. The molecule has 2 aliphatic heterocycles. The normalized spacial score (nSPS) is 27.1. The van der Waals surface area contributed by atoms with Gasteiger partial charge in [0.25, 0.3) is 0 Å². The SMILES string of the molecule is CC1(C)SSC[C@@H](NC(=O)[C@H]2NCC[C@H]2c2ccc(O)cc2)C(=O)N[C@@H](Cc2ccccc2)C(=O)N[C@H]1C(=O)O. The van der Waals surface area contributed by atoms with Crippen molar-refractivity contribution in [1.29, 1.82) is 0 Å². The van der Waals surface area contributed by atoms with E-state index in [2.05, 4.69) is 21.3 Å². The highest BCUT2D eigenvalue weighted by molar-refractivity contribution is 8.77. The van der Waals surface area contributed by atoms with Crippen molar-refractivity contribution in [1.82, 2.24) is 21.3 Å². The first kappa shape index (κ1) is 29.8. The molecule has 5 atom stereocenters. The average molecular weight is 587 g/mol. The second-order valence-corrected chi connectivity index (χ2v) is 13.5. The molecule has 2 heterocycles. The third-order valence-corrected chi connectivity index (χ3v) is 10.4. The first-order chi connectivity index (χ1) is 19.0. The van der Waals surface area contributed by atoms with Crippen LogP contribution in [0.3, 0.4) is 0 Å². The minimum Gasteiger partial charge on any atom is -0.508 e. The Labute approximate surface area is 240 Å². The number of carboxylic acid groups (broad SMARTS) is 1. The Balaban J connectivity index is 1.56. The third kappa shape index (κ3) is 7.29. The molecule has 40 heavy (non-hydrogen) atoms. The number of hydrogen-bond donors (Lipinski definition) is 6. The summed E-state index contributed by atoms with van der Waals surface area (Å²) in [7, 11) is 2.51. The minimum atomic E-state index is -1.20. The predicted octanol–water partition coefficient (Wildman–Crippen LogP) is 1.79. The van der Waals surface area contributed by atoms with Gasteiger partial charge in [0, 0.05) is 18.1 Å². The van der Waals surface area contributed by atoms with Gasteiger partial charge < -0.3 is 31.5 Å². The fourth-order valence-corrected chi connectivity index (χ4v) is 7.72. The van der Waals surface area contributed by atoms with E-state index in [1.54, 1.807) is 38.1 Å². The quantitative estimate of drug-likeness (QED) is 0.278. The molecule has 2 aromatic rings. The van der Waals surface area contributed by atoms with Crippen LogP contribution in [0.25, 0.3) is 0 Å². The zero-order valence-electron chi connectivity index (χ0n) is 22.3. The first-order valence-electron chi connectivity index (χ1n) is 13.1. The molecule has 0 unspecified atom stereocenters. The highest BCUT2D eigenvalue weighted by atomic mass is 33.1. The molecule has 6 N–H and O–H groups in total. The van der Waals surface area contributed by atoms with Crippen LogP contribution in [0, 0.1) is 0 Å². The zero-order valence-corrected chi connectivity index (χ0v) is 23.9. The molecule has 0 bridgehead atoms. The van der Waals surface area contributed by atoms with Gasteiger partial charge in [-0.2, -0.15) is 0 Å². The number of rotatable bonds is 6. The lowest BCUT2D eigenvalue weighted by Crippen LogP contribution is -2.59. The molecule has 0 spiro atoms. The topological polar surface area (TPSA) is 157 Å². The van der Waals surface area contributed by atoms with E-state index in [9.17, 15) is 29.4 Å². The van der Waals surface area contributed by atoms with Crippen molar-refractivity contribution in [2.24, 2.45) is 0 Å². The maximum absolute atomic E-state index is 13.5. The van der Waals surface area contributed by atoms with E-state index in [0.29, 0.717) is 13.0 Å². The standard InChI is InChI=1S/C28H34N4O6S2/c1-28(2)23(27(37)38)32-24(34)20(14-16-6-4-3-5-7-16)30-25(35)21(15-39-40-28)31-26(36)22-19(12-13-29-22)17-8-10-18(33)11-9-17/h3-11,19-23,29,33H,12-15H2,1-2H3,(H,30,35)(H,31,36)(H,32,34)(H,37,38)/t19-,20-,21+,22-,23-/m0/s1. The molecule has 4 rings (SSSR count). The van der Waals surface area contributed by atoms with Crippen molar-refractivity contribution in [2.75, 3.05) is 12.3 Å². The van der Waals surface area contributed by atoms with E-state index in [4.69, 9.17) is 0 Å². The highest BCUT2D eigenvalue weighted by Gasteiger charge is 2.41. The van der Waals surface area contributed by atoms with Crippen LogP contribution in [-0.2, 0) is 25.6 Å². The van der Waals surface area contributed by atoms with Gasteiger partial charge in [-0.15, -0.1) is 0 Å². The number of carbonyl (C=O) groups excluding carboxylic acids is 3. The number of aliphatic carboxylic acids is 1. The smallest absolute Gasteiger partial charge is 0.327 e. The summed E-state index contributed by atoms with van der Waals surface area (Å²) in [6.45, 7) is 4.07. The molecule has 2 aliphatic rings. The molecule has 0 radical (unpaired) electrons. The van der Waals surface area contributed by atoms with Gasteiger partial charge in [0.1, 0.15) is 23.9 Å². The summed E-state index contributed by atoms with van der Waals surface area (Å²) in [5, 5.41) is 31.0. The van der Waals surface area contributed by atoms with Crippen molar-refractivity contribution >= 4 is 45.3 Å². The number of phenols is 1. The molecule has 0 saturated carbocycles. The molecular formula is C28H34N4O6S2. The highest BCUT2D eigenvalue weighted by Crippen LogP contribution is 2.39. The molecule has 0 aliphatic carbocycles. The molecule has 2 fully saturated rings. The minimum absolute atomic E-state index is 0.139. The van der Waals surface area contributed by atoms with Crippen LogP contribution in [0.1, 0.15) is 37.3 Å². The second-order valence-electron chi connectivity index (χ2n) is 10.5. The van der Waals surface area contributed by atoms with Gasteiger partial charge in [-0.25, -0.2) is 4.79 Å². The Bertz CT molecular complexity index is 1230. The number of carboxylic acids is 1. The van der Waals surface area contributed by atoms with Gasteiger partial charge >= 0.3 is 5.97 Å². The lowest BCUT2D eigenvalue weighted by Gasteiger charge is -2.31. The lowest BCUT2D eigenvalue weighted by molar-refractivity contribution is -0.143. The van der Waals surface area contributed by atoms with E-state index in [1.807, 2.05) is 30.3 Å². The number of benzene rings is 2. The predicted molar refractivity (Wildman–Crippen MR) is 155 cm³/mol. The van der Waals surface area contributed by atoms with E-state index in [-0.39, 0.29) is 29.7 Å². The number of aromatic hydroxyl groups is 1. The Kier molecular flexibility index (Phi) is 9.64. The van der Waals surface area contributed by atoms with E-state index >= 15 is 0 Å². The van der Waals surface area contributed by atoms with Crippen LogP contribution in [0.2, 0.25) is 0 Å². The molecule has 3 amide bonds. The van der Waals surface area contributed by atoms with Crippen molar-refractivity contribution in [3.8, 4) is 5.75 Å². The van der Waals surface area contributed by atoms with Gasteiger partial charge in [-0.3, -0.25) is 14.4 Å². The number of carbonyl (C=O) groups is 4. The molecule has 2 saturated heterocycles. The number of hydrogen-bond acceptors (Lipinski definition) is 8. The van der Waals surface area contributed by atoms with Crippen LogP contribution >= 0.6 is 21.6 Å². The molecule has 2 aromatic carbocycles. The van der Waals surface area contributed by atoms with E-state index in [1.165, 1.54) is 21.6 Å². The van der Waals surface area contributed by atoms with Gasteiger partial charge in [0.15, 0.2) is 0 Å². The summed E-state index contributed by atoms with van der Waals surface area (Å²) >= 11 is 0. The van der Waals surface area contributed by atoms with Crippen molar-refractivity contribution in [3.63, 3.8) is 0 Å². The van der Waals surface area contributed by atoms with Crippen LogP contribution in [0.5, 0.6) is 5.75 Å².